The molecule has 3 heterocycles. The zero-order valence-corrected chi connectivity index (χ0v) is 20.2. The molecule has 4 rings (SSSR count). The SMILES string of the molecule is C=CCN1C(=O)NC(c2ccccc2C(F)(F)F)C2=C1CN(CCC(=O)N1CCN(CC)CC1)C2=O. The highest BCUT2D eigenvalue weighted by Gasteiger charge is 2.46. The average molecular weight is 506 g/mol. The molecule has 1 atom stereocenters. The van der Waals surface area contributed by atoms with Gasteiger partial charge in [0.1, 0.15) is 0 Å². The van der Waals surface area contributed by atoms with E-state index in [0.717, 1.165) is 25.7 Å². The fourth-order valence-corrected chi connectivity index (χ4v) is 4.99. The fourth-order valence-electron chi connectivity index (χ4n) is 4.99. The van der Waals surface area contributed by atoms with Gasteiger partial charge in [0.2, 0.25) is 5.91 Å². The number of hydrogen-bond donors (Lipinski definition) is 1. The molecule has 0 radical (unpaired) electrons. The van der Waals surface area contributed by atoms with Crippen molar-refractivity contribution in [2.75, 3.05) is 52.4 Å². The molecule has 0 spiro atoms. The molecule has 1 unspecified atom stereocenters. The molecular formula is C25H30F3N5O3. The third kappa shape index (κ3) is 4.97. The van der Waals surface area contributed by atoms with Gasteiger partial charge in [-0.1, -0.05) is 31.2 Å². The molecule has 36 heavy (non-hydrogen) atoms. The number of likely N-dealkylation sites (N-methyl/N-ethyl adjacent to an activating group) is 1. The lowest BCUT2D eigenvalue weighted by Gasteiger charge is -2.34. The van der Waals surface area contributed by atoms with Crippen LogP contribution in [0.25, 0.3) is 0 Å². The van der Waals surface area contributed by atoms with Crippen LogP contribution < -0.4 is 5.32 Å². The second kappa shape index (κ2) is 10.3. The number of piperazine rings is 1. The van der Waals surface area contributed by atoms with E-state index in [1.807, 2.05) is 0 Å². The molecule has 3 aliphatic heterocycles. The summed E-state index contributed by atoms with van der Waals surface area (Å²) in [6.45, 7) is 9.73. The number of nitrogens with zero attached hydrogens (tertiary/aromatic N) is 4. The van der Waals surface area contributed by atoms with Gasteiger partial charge in [-0.25, -0.2) is 4.79 Å². The lowest BCUT2D eigenvalue weighted by Crippen LogP contribution is -2.49. The second-order valence-corrected chi connectivity index (χ2v) is 9.02. The van der Waals surface area contributed by atoms with Crippen molar-refractivity contribution in [2.45, 2.75) is 25.6 Å². The van der Waals surface area contributed by atoms with Crippen LogP contribution in [0, 0.1) is 0 Å². The second-order valence-electron chi connectivity index (χ2n) is 9.02. The van der Waals surface area contributed by atoms with Crippen LogP contribution in [0.15, 0.2) is 48.2 Å². The Labute approximate surface area is 208 Å². The molecule has 1 saturated heterocycles. The molecule has 1 fully saturated rings. The lowest BCUT2D eigenvalue weighted by atomic mass is 9.91. The highest BCUT2D eigenvalue weighted by molar-refractivity contribution is 6.01. The Morgan fingerprint density at radius 2 is 1.86 bits per heavy atom. The van der Waals surface area contributed by atoms with E-state index in [2.05, 4.69) is 23.7 Å². The van der Waals surface area contributed by atoms with E-state index in [1.165, 1.54) is 34.1 Å². The highest BCUT2D eigenvalue weighted by Crippen LogP contribution is 2.41. The molecule has 0 bridgehead atoms. The smallest absolute Gasteiger partial charge is 0.340 e. The van der Waals surface area contributed by atoms with Crippen molar-refractivity contribution in [3.63, 3.8) is 0 Å². The third-order valence-electron chi connectivity index (χ3n) is 6.95. The first-order valence-corrected chi connectivity index (χ1v) is 12.0. The fraction of sp³-hybridized carbons (Fsp3) is 0.480. The summed E-state index contributed by atoms with van der Waals surface area (Å²) in [7, 11) is 0. The molecule has 0 aromatic heterocycles. The summed E-state index contributed by atoms with van der Waals surface area (Å²) in [4.78, 5) is 45.9. The molecular weight excluding hydrogens is 475 g/mol. The zero-order chi connectivity index (χ0) is 26.0. The minimum Gasteiger partial charge on any atom is -0.340 e. The van der Waals surface area contributed by atoms with Gasteiger partial charge < -0.3 is 20.0 Å². The Balaban J connectivity index is 1.56. The van der Waals surface area contributed by atoms with Gasteiger partial charge in [-0.2, -0.15) is 13.2 Å². The number of halogens is 3. The van der Waals surface area contributed by atoms with E-state index in [0.29, 0.717) is 18.8 Å². The van der Waals surface area contributed by atoms with Gasteiger partial charge in [-0.05, 0) is 18.2 Å². The Hall–Kier alpha value is -3.34. The van der Waals surface area contributed by atoms with Gasteiger partial charge in [0, 0.05) is 45.7 Å². The topological polar surface area (TPSA) is 76.2 Å². The maximum Gasteiger partial charge on any atom is 0.416 e. The van der Waals surface area contributed by atoms with E-state index in [9.17, 15) is 27.6 Å². The van der Waals surface area contributed by atoms with Gasteiger partial charge in [0.05, 0.1) is 29.4 Å². The molecule has 1 aromatic carbocycles. The van der Waals surface area contributed by atoms with Crippen molar-refractivity contribution in [2.24, 2.45) is 0 Å². The van der Waals surface area contributed by atoms with Crippen LogP contribution in [-0.2, 0) is 15.8 Å². The third-order valence-corrected chi connectivity index (χ3v) is 6.95. The number of carbonyl (C=O) groups excluding carboxylic acids is 3. The number of hydrogen-bond acceptors (Lipinski definition) is 4. The zero-order valence-electron chi connectivity index (χ0n) is 20.2. The van der Waals surface area contributed by atoms with Crippen molar-refractivity contribution in [1.82, 2.24) is 24.9 Å². The van der Waals surface area contributed by atoms with E-state index in [-0.39, 0.29) is 43.1 Å². The number of benzene rings is 1. The maximum absolute atomic E-state index is 13.8. The molecule has 0 saturated carbocycles. The van der Waals surface area contributed by atoms with Crippen LogP contribution in [0.1, 0.15) is 30.5 Å². The normalized spacial score (nSPS) is 21.1. The number of nitrogens with one attached hydrogen (secondary N) is 1. The van der Waals surface area contributed by atoms with Crippen LogP contribution >= 0.6 is 0 Å². The average Bonchev–Trinajstić information content (AvgIpc) is 3.19. The van der Waals surface area contributed by atoms with Gasteiger partial charge >= 0.3 is 12.2 Å². The van der Waals surface area contributed by atoms with Crippen molar-refractivity contribution >= 4 is 17.8 Å². The molecule has 11 heteroatoms. The number of carbonyl (C=O) groups is 3. The molecule has 1 aromatic rings. The van der Waals surface area contributed by atoms with Crippen molar-refractivity contribution in [3.05, 3.63) is 59.3 Å². The molecule has 194 valence electrons. The standard InChI is InChI=1S/C25H30F3N5O3/c1-3-10-33-19-16-32(11-9-20(34)31-14-12-30(4-2)13-15-31)23(35)21(19)22(29-24(33)36)17-7-5-6-8-18(17)25(26,27)28/h3,5-8,22H,1,4,9-16H2,2H3,(H,29,36). The van der Waals surface area contributed by atoms with E-state index < -0.39 is 29.7 Å². The van der Waals surface area contributed by atoms with Crippen molar-refractivity contribution in [1.29, 1.82) is 0 Å². The minimum atomic E-state index is -4.66. The Morgan fingerprint density at radius 1 is 1.17 bits per heavy atom. The number of amides is 4. The molecule has 0 aliphatic carbocycles. The van der Waals surface area contributed by atoms with Crippen LogP contribution in [0.4, 0.5) is 18.0 Å². The molecule has 3 aliphatic rings. The molecule has 1 N–H and O–H groups in total. The molecule has 4 amide bonds. The minimum absolute atomic E-state index is 0.0387. The summed E-state index contributed by atoms with van der Waals surface area (Å²) >= 11 is 0. The van der Waals surface area contributed by atoms with Crippen LogP contribution in [0.5, 0.6) is 0 Å². The summed E-state index contributed by atoms with van der Waals surface area (Å²) in [6, 6.07) is 3.08. The summed E-state index contributed by atoms with van der Waals surface area (Å²) in [5.41, 5.74) is -0.664. The first-order valence-electron chi connectivity index (χ1n) is 12.0. The number of alkyl halides is 3. The van der Waals surface area contributed by atoms with E-state index >= 15 is 0 Å². The number of rotatable bonds is 7. The van der Waals surface area contributed by atoms with Crippen LogP contribution in [0.2, 0.25) is 0 Å². The van der Waals surface area contributed by atoms with E-state index in [4.69, 9.17) is 0 Å². The first-order chi connectivity index (χ1) is 17.2. The lowest BCUT2D eigenvalue weighted by molar-refractivity contribution is -0.139. The van der Waals surface area contributed by atoms with Crippen molar-refractivity contribution < 1.29 is 27.6 Å². The Bertz CT molecular complexity index is 1080. The number of urea groups is 1. The van der Waals surface area contributed by atoms with Gasteiger partial charge in [0.15, 0.2) is 0 Å². The predicted octanol–water partition coefficient (Wildman–Crippen LogP) is 2.61. The van der Waals surface area contributed by atoms with E-state index in [1.54, 1.807) is 4.90 Å². The maximum atomic E-state index is 13.8. The largest absolute Gasteiger partial charge is 0.416 e. The van der Waals surface area contributed by atoms with Gasteiger partial charge in [-0.15, -0.1) is 6.58 Å². The summed E-state index contributed by atoms with van der Waals surface area (Å²) in [5, 5.41) is 2.58. The first kappa shape index (κ1) is 25.7. The van der Waals surface area contributed by atoms with Gasteiger partial charge in [-0.3, -0.25) is 14.5 Å². The summed E-state index contributed by atoms with van der Waals surface area (Å²) in [5.74, 6) is -0.552. The van der Waals surface area contributed by atoms with Crippen molar-refractivity contribution in [3.8, 4) is 0 Å². The Morgan fingerprint density at radius 3 is 2.50 bits per heavy atom. The highest BCUT2D eigenvalue weighted by atomic mass is 19.4. The quantitative estimate of drug-likeness (QED) is 0.579. The predicted molar refractivity (Wildman–Crippen MR) is 127 cm³/mol. The summed E-state index contributed by atoms with van der Waals surface area (Å²) < 4.78 is 41.3. The van der Waals surface area contributed by atoms with Crippen LogP contribution in [-0.4, -0.2) is 89.8 Å². The van der Waals surface area contributed by atoms with Crippen LogP contribution in [0.3, 0.4) is 0 Å². The summed E-state index contributed by atoms with van der Waals surface area (Å²) in [6.07, 6.45) is -3.07. The Kier molecular flexibility index (Phi) is 7.39. The van der Waals surface area contributed by atoms with Gasteiger partial charge in [0.25, 0.3) is 5.91 Å². The molecule has 8 nitrogen and oxygen atoms in total. The monoisotopic (exact) mass is 505 g/mol.